The summed E-state index contributed by atoms with van der Waals surface area (Å²) < 4.78 is 13.2. The minimum atomic E-state index is -0.444. The first-order chi connectivity index (χ1) is 11.5. The van der Waals surface area contributed by atoms with E-state index in [0.717, 1.165) is 11.4 Å². The lowest BCUT2D eigenvalue weighted by atomic mass is 9.78. The second kappa shape index (κ2) is 6.79. The van der Waals surface area contributed by atoms with Crippen molar-refractivity contribution in [2.24, 2.45) is 10.8 Å². The minimum absolute atomic E-state index is 0.0224. The van der Waals surface area contributed by atoms with Gasteiger partial charge in [-0.3, -0.25) is 10.2 Å². The monoisotopic (exact) mass is 347 g/mol. The predicted octanol–water partition coefficient (Wildman–Crippen LogP) is 4.00. The van der Waals surface area contributed by atoms with E-state index in [9.17, 15) is 9.18 Å². The van der Waals surface area contributed by atoms with Crippen molar-refractivity contribution < 1.29 is 9.18 Å². The Balaban J connectivity index is 2.15. The van der Waals surface area contributed by atoms with Crippen molar-refractivity contribution in [2.75, 3.05) is 4.90 Å². The molecule has 0 spiro atoms. The third kappa shape index (κ3) is 3.87. The number of amides is 1. The van der Waals surface area contributed by atoms with Crippen molar-refractivity contribution in [2.45, 2.75) is 60.5 Å². The van der Waals surface area contributed by atoms with Crippen LogP contribution in [0.2, 0.25) is 0 Å². The van der Waals surface area contributed by atoms with Gasteiger partial charge in [-0.05, 0) is 45.0 Å². The molecule has 2 N–H and O–H groups in total. The first-order valence-corrected chi connectivity index (χ1v) is 8.77. The van der Waals surface area contributed by atoms with E-state index in [2.05, 4.69) is 49.5 Å². The third-order valence-electron chi connectivity index (χ3n) is 5.31. The molecule has 5 heteroatoms. The highest BCUT2D eigenvalue weighted by Crippen LogP contribution is 2.42. The number of hydrogen-bond donors (Lipinski definition) is 2. The van der Waals surface area contributed by atoms with Gasteiger partial charge in [0.1, 0.15) is 5.82 Å². The first-order valence-electron chi connectivity index (χ1n) is 8.77. The van der Waals surface area contributed by atoms with E-state index < -0.39 is 5.41 Å². The molecule has 1 aliphatic heterocycles. The highest BCUT2D eigenvalue weighted by Gasteiger charge is 2.44. The summed E-state index contributed by atoms with van der Waals surface area (Å²) in [5.41, 5.74) is 7.47. The summed E-state index contributed by atoms with van der Waals surface area (Å²) in [5, 5.41) is 0. The van der Waals surface area contributed by atoms with Gasteiger partial charge in [0.25, 0.3) is 0 Å². The Morgan fingerprint density at radius 3 is 2.36 bits per heavy atom. The summed E-state index contributed by atoms with van der Waals surface area (Å²) in [6.07, 6.45) is 2.22. The fourth-order valence-electron chi connectivity index (χ4n) is 3.26. The molecule has 3 atom stereocenters. The zero-order chi connectivity index (χ0) is 19.0. The van der Waals surface area contributed by atoms with Crippen LogP contribution < -0.4 is 15.8 Å². The molecule has 0 saturated heterocycles. The number of benzene rings is 1. The molecular formula is C20H30FN3O. The van der Waals surface area contributed by atoms with E-state index in [0.29, 0.717) is 0 Å². The quantitative estimate of drug-likeness (QED) is 0.809. The summed E-state index contributed by atoms with van der Waals surface area (Å²) in [4.78, 5) is 14.3. The fraction of sp³-hybridized carbons (Fsp3) is 0.550. The summed E-state index contributed by atoms with van der Waals surface area (Å²) in [7, 11) is 0. The van der Waals surface area contributed by atoms with Gasteiger partial charge in [0.15, 0.2) is 0 Å². The molecule has 2 rings (SSSR count). The van der Waals surface area contributed by atoms with E-state index >= 15 is 0 Å². The second-order valence-electron chi connectivity index (χ2n) is 8.24. The zero-order valence-corrected chi connectivity index (χ0v) is 16.3. The van der Waals surface area contributed by atoms with Gasteiger partial charge >= 0.3 is 0 Å². The van der Waals surface area contributed by atoms with Crippen molar-refractivity contribution in [3.63, 3.8) is 0 Å². The molecule has 4 nitrogen and oxygen atoms in total. The molecule has 1 aliphatic rings. The van der Waals surface area contributed by atoms with Gasteiger partial charge in [0.2, 0.25) is 5.91 Å². The van der Waals surface area contributed by atoms with E-state index in [-0.39, 0.29) is 29.2 Å². The maximum atomic E-state index is 13.2. The van der Waals surface area contributed by atoms with Crippen LogP contribution in [0.5, 0.6) is 0 Å². The van der Waals surface area contributed by atoms with Crippen molar-refractivity contribution >= 4 is 11.6 Å². The lowest BCUT2D eigenvalue weighted by Gasteiger charge is -2.39. The topological polar surface area (TPSA) is 44.4 Å². The van der Waals surface area contributed by atoms with E-state index in [4.69, 9.17) is 0 Å². The maximum Gasteiger partial charge on any atom is 0.239 e. The highest BCUT2D eigenvalue weighted by molar-refractivity contribution is 5.80. The van der Waals surface area contributed by atoms with Crippen LogP contribution >= 0.6 is 0 Å². The molecule has 0 fully saturated rings. The number of hydrogen-bond acceptors (Lipinski definition) is 3. The third-order valence-corrected chi connectivity index (χ3v) is 5.31. The van der Waals surface area contributed by atoms with Crippen molar-refractivity contribution in [3.05, 3.63) is 41.9 Å². The van der Waals surface area contributed by atoms with Crippen LogP contribution in [0.15, 0.2) is 36.0 Å². The largest absolute Gasteiger partial charge is 0.342 e. The number of nitrogens with zero attached hydrogens (tertiary/aromatic N) is 1. The number of carbonyl (C=O) groups is 1. The first kappa shape index (κ1) is 19.4. The molecule has 1 unspecified atom stereocenters. The fourth-order valence-corrected chi connectivity index (χ4v) is 3.26. The van der Waals surface area contributed by atoms with Gasteiger partial charge in [0, 0.05) is 34.3 Å². The Morgan fingerprint density at radius 1 is 1.28 bits per heavy atom. The second-order valence-corrected chi connectivity index (χ2v) is 8.24. The van der Waals surface area contributed by atoms with Gasteiger partial charge in [-0.2, -0.15) is 0 Å². The molecule has 0 aromatic heterocycles. The van der Waals surface area contributed by atoms with Crippen LogP contribution in [0, 0.1) is 16.6 Å². The van der Waals surface area contributed by atoms with Crippen molar-refractivity contribution in [3.8, 4) is 0 Å². The minimum Gasteiger partial charge on any atom is -0.342 e. The van der Waals surface area contributed by atoms with E-state index in [1.807, 2.05) is 20.8 Å². The predicted molar refractivity (Wildman–Crippen MR) is 100 cm³/mol. The molecule has 1 aromatic rings. The number of halogens is 1. The molecule has 0 aliphatic carbocycles. The standard InChI is InChI=1S/C20H30FN3O/c1-13-12-20(7,14(2)22-23-18(25)19(4,5)6)15(3)24(13)17-10-8-16(21)9-11-17/h8-12,14-15,22H,1-7H3,(H,23,25)/t14-,15?,20+/m0/s1. The molecule has 1 heterocycles. The number of rotatable bonds is 4. The van der Waals surface area contributed by atoms with Crippen molar-refractivity contribution in [1.82, 2.24) is 10.9 Å². The van der Waals surface area contributed by atoms with Gasteiger partial charge in [-0.1, -0.05) is 33.8 Å². The lowest BCUT2D eigenvalue weighted by molar-refractivity contribution is -0.130. The summed E-state index contributed by atoms with van der Waals surface area (Å²) in [6, 6.07) is 6.75. The van der Waals surface area contributed by atoms with Gasteiger partial charge in [0.05, 0.1) is 0 Å². The number of anilines is 1. The average Bonchev–Trinajstić information content (AvgIpc) is 2.75. The highest BCUT2D eigenvalue weighted by atomic mass is 19.1. The Kier molecular flexibility index (Phi) is 5.28. The van der Waals surface area contributed by atoms with Crippen LogP contribution in [0.4, 0.5) is 10.1 Å². The Morgan fingerprint density at radius 2 is 1.84 bits per heavy atom. The number of carbonyl (C=O) groups excluding carboxylic acids is 1. The number of hydrazine groups is 1. The van der Waals surface area contributed by atoms with Gasteiger partial charge in [-0.15, -0.1) is 0 Å². The van der Waals surface area contributed by atoms with Crippen molar-refractivity contribution in [1.29, 1.82) is 0 Å². The zero-order valence-electron chi connectivity index (χ0n) is 16.3. The molecule has 1 amide bonds. The average molecular weight is 347 g/mol. The molecule has 138 valence electrons. The molecule has 25 heavy (non-hydrogen) atoms. The normalized spacial score (nSPS) is 24.9. The van der Waals surface area contributed by atoms with Crippen LogP contribution in [-0.2, 0) is 4.79 Å². The molecule has 0 radical (unpaired) electrons. The maximum absolute atomic E-state index is 13.2. The molecule has 1 aromatic carbocycles. The Labute approximate surface area is 150 Å². The van der Waals surface area contributed by atoms with Crippen LogP contribution in [0.25, 0.3) is 0 Å². The summed E-state index contributed by atoms with van der Waals surface area (Å²) in [6.45, 7) is 14.1. The number of nitrogens with one attached hydrogen (secondary N) is 2. The smallest absolute Gasteiger partial charge is 0.239 e. The van der Waals surface area contributed by atoms with E-state index in [1.165, 1.54) is 12.1 Å². The lowest BCUT2D eigenvalue weighted by Crippen LogP contribution is -2.55. The van der Waals surface area contributed by atoms with Gasteiger partial charge < -0.3 is 4.90 Å². The van der Waals surface area contributed by atoms with Crippen LogP contribution in [-0.4, -0.2) is 18.0 Å². The van der Waals surface area contributed by atoms with Crippen LogP contribution in [0.3, 0.4) is 0 Å². The Hall–Kier alpha value is -1.88. The molecular weight excluding hydrogens is 317 g/mol. The SMILES string of the molecule is CC1=C[C@](C)([C@H](C)NNC(=O)C(C)(C)C)C(C)N1c1ccc(F)cc1. The summed E-state index contributed by atoms with van der Waals surface area (Å²) in [5.74, 6) is -0.274. The molecule has 0 bridgehead atoms. The van der Waals surface area contributed by atoms with Gasteiger partial charge in [-0.25, -0.2) is 9.82 Å². The van der Waals surface area contributed by atoms with E-state index in [1.54, 1.807) is 12.1 Å². The number of allylic oxidation sites excluding steroid dienone is 1. The van der Waals surface area contributed by atoms with Crippen LogP contribution in [0.1, 0.15) is 48.5 Å². The summed E-state index contributed by atoms with van der Waals surface area (Å²) >= 11 is 0. The molecule has 0 saturated carbocycles. The Bertz CT molecular complexity index is 663.